The van der Waals surface area contributed by atoms with Crippen molar-refractivity contribution in [3.8, 4) is 0 Å². The lowest BCUT2D eigenvalue weighted by atomic mass is 9.88. The van der Waals surface area contributed by atoms with Crippen molar-refractivity contribution in [1.29, 1.82) is 0 Å². The van der Waals surface area contributed by atoms with Gasteiger partial charge >= 0.3 is 6.03 Å². The molecule has 2 aromatic carbocycles. The molecule has 0 aromatic heterocycles. The van der Waals surface area contributed by atoms with E-state index in [9.17, 15) is 9.59 Å². The number of nitrogens with one attached hydrogen (secondary N) is 2. The van der Waals surface area contributed by atoms with Gasteiger partial charge in [0.2, 0.25) is 5.91 Å². The van der Waals surface area contributed by atoms with Gasteiger partial charge in [0.05, 0.1) is 12.0 Å². The van der Waals surface area contributed by atoms with E-state index in [1.807, 2.05) is 53.4 Å². The van der Waals surface area contributed by atoms with Gasteiger partial charge in [0, 0.05) is 19.1 Å². The lowest BCUT2D eigenvalue weighted by molar-refractivity contribution is -0.126. The van der Waals surface area contributed by atoms with Gasteiger partial charge in [-0.3, -0.25) is 4.79 Å². The Balaban J connectivity index is 1.47. The van der Waals surface area contributed by atoms with Crippen LogP contribution in [0.1, 0.15) is 42.9 Å². The number of urea groups is 1. The van der Waals surface area contributed by atoms with Crippen LogP contribution in [0, 0.1) is 5.92 Å². The number of carbonyl (C=O) groups excluding carboxylic acids is 2. The van der Waals surface area contributed by atoms with E-state index >= 15 is 0 Å². The smallest absolute Gasteiger partial charge is 0.318 e. The molecule has 2 N–H and O–H groups in total. The highest BCUT2D eigenvalue weighted by Crippen LogP contribution is 2.34. The van der Waals surface area contributed by atoms with Crippen LogP contribution in [0.15, 0.2) is 60.7 Å². The van der Waals surface area contributed by atoms with Gasteiger partial charge in [0.25, 0.3) is 0 Å². The maximum Gasteiger partial charge on any atom is 0.318 e. The number of carbonyl (C=O) groups is 2. The first-order valence-electron chi connectivity index (χ1n) is 10.1. The fourth-order valence-electron chi connectivity index (χ4n) is 3.85. The lowest BCUT2D eigenvalue weighted by Crippen LogP contribution is -2.50. The van der Waals surface area contributed by atoms with Crippen LogP contribution in [-0.2, 0) is 11.3 Å². The second kappa shape index (κ2) is 8.46. The van der Waals surface area contributed by atoms with Crippen LogP contribution >= 0.6 is 0 Å². The zero-order chi connectivity index (χ0) is 19.3. The maximum atomic E-state index is 13.0. The summed E-state index contributed by atoms with van der Waals surface area (Å²) in [6.07, 6.45) is 3.75. The van der Waals surface area contributed by atoms with Gasteiger partial charge in [-0.05, 0) is 36.8 Å². The average Bonchev–Trinajstić information content (AvgIpc) is 3.57. The number of nitrogens with zero attached hydrogens (tertiary/aromatic N) is 1. The second-order valence-corrected chi connectivity index (χ2v) is 7.78. The molecular formula is C23H27N3O2. The predicted molar refractivity (Wildman–Crippen MR) is 108 cm³/mol. The van der Waals surface area contributed by atoms with E-state index in [-0.39, 0.29) is 23.9 Å². The van der Waals surface area contributed by atoms with Gasteiger partial charge in [0.15, 0.2) is 0 Å². The molecule has 5 nitrogen and oxygen atoms in total. The lowest BCUT2D eigenvalue weighted by Gasteiger charge is -2.39. The van der Waals surface area contributed by atoms with Crippen molar-refractivity contribution in [2.45, 2.75) is 44.3 Å². The molecule has 1 aliphatic carbocycles. The molecule has 0 radical (unpaired) electrons. The summed E-state index contributed by atoms with van der Waals surface area (Å²) in [7, 11) is 0. The van der Waals surface area contributed by atoms with Gasteiger partial charge in [-0.2, -0.15) is 0 Å². The van der Waals surface area contributed by atoms with Crippen molar-refractivity contribution in [2.75, 3.05) is 6.54 Å². The molecule has 0 bridgehead atoms. The topological polar surface area (TPSA) is 61.4 Å². The Morgan fingerprint density at radius 1 is 0.893 bits per heavy atom. The Morgan fingerprint density at radius 2 is 1.57 bits per heavy atom. The van der Waals surface area contributed by atoms with E-state index in [4.69, 9.17) is 0 Å². The molecule has 0 spiro atoms. The summed E-state index contributed by atoms with van der Waals surface area (Å²) in [4.78, 5) is 27.5. The molecule has 2 aromatic rings. The Labute approximate surface area is 166 Å². The van der Waals surface area contributed by atoms with Gasteiger partial charge in [-0.1, -0.05) is 60.7 Å². The molecular weight excluding hydrogens is 350 g/mol. The van der Waals surface area contributed by atoms with Gasteiger partial charge in [-0.15, -0.1) is 0 Å². The summed E-state index contributed by atoms with van der Waals surface area (Å²) >= 11 is 0. The minimum Gasteiger partial charge on any atom is -0.353 e. The van der Waals surface area contributed by atoms with E-state index in [0.29, 0.717) is 19.1 Å². The van der Waals surface area contributed by atoms with Crippen LogP contribution in [0.25, 0.3) is 0 Å². The molecule has 1 heterocycles. The third-order valence-electron chi connectivity index (χ3n) is 5.61. The molecule has 2 fully saturated rings. The first-order valence-corrected chi connectivity index (χ1v) is 10.1. The molecule has 1 saturated carbocycles. The van der Waals surface area contributed by atoms with E-state index in [0.717, 1.165) is 36.8 Å². The van der Waals surface area contributed by atoms with E-state index in [1.54, 1.807) is 0 Å². The summed E-state index contributed by atoms with van der Waals surface area (Å²) in [6, 6.07) is 20.2. The SMILES string of the molecule is O=C(NC1CC1)C1CCC(c2ccccc2)N(C(=O)NCc2ccccc2)C1. The largest absolute Gasteiger partial charge is 0.353 e. The molecule has 2 unspecified atom stereocenters. The van der Waals surface area contributed by atoms with Gasteiger partial charge in [0.1, 0.15) is 0 Å². The Morgan fingerprint density at radius 3 is 2.25 bits per heavy atom. The van der Waals surface area contributed by atoms with Gasteiger partial charge < -0.3 is 15.5 Å². The molecule has 3 amide bonds. The Hall–Kier alpha value is -2.82. The minimum atomic E-state index is -0.136. The summed E-state index contributed by atoms with van der Waals surface area (Å²) in [6.45, 7) is 0.940. The normalized spacial score (nSPS) is 21.8. The van der Waals surface area contributed by atoms with Crippen LogP contribution in [0.3, 0.4) is 0 Å². The van der Waals surface area contributed by atoms with Crippen molar-refractivity contribution >= 4 is 11.9 Å². The number of amides is 3. The molecule has 5 heteroatoms. The molecule has 146 valence electrons. The van der Waals surface area contributed by atoms with Crippen molar-refractivity contribution in [2.24, 2.45) is 5.92 Å². The molecule has 4 rings (SSSR count). The van der Waals surface area contributed by atoms with Gasteiger partial charge in [-0.25, -0.2) is 4.79 Å². The summed E-state index contributed by atoms with van der Waals surface area (Å²) in [5.74, 6) is -0.0436. The second-order valence-electron chi connectivity index (χ2n) is 7.78. The third-order valence-corrected chi connectivity index (χ3v) is 5.61. The number of hydrogen-bond donors (Lipinski definition) is 2. The molecule has 2 aliphatic rings. The first kappa shape index (κ1) is 18.5. The summed E-state index contributed by atoms with van der Waals surface area (Å²) in [5.41, 5.74) is 2.19. The zero-order valence-electron chi connectivity index (χ0n) is 16.0. The fourth-order valence-corrected chi connectivity index (χ4v) is 3.85. The van der Waals surface area contributed by atoms with Crippen LogP contribution in [-0.4, -0.2) is 29.4 Å². The molecule has 2 atom stereocenters. The van der Waals surface area contributed by atoms with E-state index in [1.165, 1.54) is 0 Å². The predicted octanol–water partition coefficient (Wildman–Crippen LogP) is 3.63. The molecule has 28 heavy (non-hydrogen) atoms. The first-order chi connectivity index (χ1) is 13.7. The van der Waals surface area contributed by atoms with Crippen molar-refractivity contribution in [3.63, 3.8) is 0 Å². The maximum absolute atomic E-state index is 13.0. The van der Waals surface area contributed by atoms with Crippen LogP contribution in [0.5, 0.6) is 0 Å². The van der Waals surface area contributed by atoms with E-state index in [2.05, 4.69) is 22.8 Å². The highest BCUT2D eigenvalue weighted by molar-refractivity contribution is 5.81. The molecule has 1 saturated heterocycles. The van der Waals surface area contributed by atoms with Crippen LogP contribution in [0.2, 0.25) is 0 Å². The summed E-state index contributed by atoms with van der Waals surface area (Å²) in [5, 5.41) is 6.13. The Kier molecular flexibility index (Phi) is 5.60. The van der Waals surface area contributed by atoms with Crippen LogP contribution in [0.4, 0.5) is 4.79 Å². The highest BCUT2D eigenvalue weighted by atomic mass is 16.2. The monoisotopic (exact) mass is 377 g/mol. The van der Waals surface area contributed by atoms with E-state index < -0.39 is 0 Å². The van der Waals surface area contributed by atoms with Crippen LogP contribution < -0.4 is 10.6 Å². The highest BCUT2D eigenvalue weighted by Gasteiger charge is 2.37. The standard InChI is InChI=1S/C23H27N3O2/c27-22(25-20-12-13-20)19-11-14-21(18-9-5-2-6-10-18)26(16-19)23(28)24-15-17-7-3-1-4-8-17/h1-10,19-21H,11-16H2,(H,24,28)(H,25,27). The van der Waals surface area contributed by atoms with Crippen molar-refractivity contribution in [1.82, 2.24) is 15.5 Å². The number of piperidine rings is 1. The molecule has 1 aliphatic heterocycles. The minimum absolute atomic E-state index is 0.00180. The number of hydrogen-bond acceptors (Lipinski definition) is 2. The zero-order valence-corrected chi connectivity index (χ0v) is 16.0. The van der Waals surface area contributed by atoms with Crippen molar-refractivity contribution in [3.05, 3.63) is 71.8 Å². The Bertz CT molecular complexity index is 805. The number of benzene rings is 2. The number of rotatable bonds is 5. The van der Waals surface area contributed by atoms with Crippen molar-refractivity contribution < 1.29 is 9.59 Å². The average molecular weight is 377 g/mol. The quantitative estimate of drug-likeness (QED) is 0.836. The summed E-state index contributed by atoms with van der Waals surface area (Å²) < 4.78 is 0. The number of likely N-dealkylation sites (tertiary alicyclic amines) is 1. The third kappa shape index (κ3) is 4.53. The fraction of sp³-hybridized carbons (Fsp3) is 0.391.